The summed E-state index contributed by atoms with van der Waals surface area (Å²) in [5, 5.41) is 5.01. The number of halogens is 3. The molecule has 1 amide bonds. The number of nitrogens with zero attached hydrogens (tertiary/aromatic N) is 3. The quantitative estimate of drug-likeness (QED) is 0.265. The highest BCUT2D eigenvalue weighted by Gasteiger charge is 2.16. The first-order valence-electron chi connectivity index (χ1n) is 10.0. The number of hydrogen-bond donors (Lipinski definition) is 1. The van der Waals surface area contributed by atoms with Gasteiger partial charge in [-0.2, -0.15) is 5.10 Å². The van der Waals surface area contributed by atoms with Gasteiger partial charge in [0.1, 0.15) is 11.6 Å². The third-order valence-electron chi connectivity index (χ3n) is 4.88. The topological polar surface area (TPSA) is 59.3 Å². The Morgan fingerprint density at radius 2 is 1.91 bits per heavy atom. The smallest absolute Gasteiger partial charge is 0.271 e. The van der Waals surface area contributed by atoms with Crippen LogP contribution < -0.4 is 5.43 Å². The van der Waals surface area contributed by atoms with Gasteiger partial charge in [0.05, 0.1) is 22.3 Å². The molecule has 1 N–H and O–H groups in total. The number of aromatic nitrogens is 2. The lowest BCUT2D eigenvalue weighted by molar-refractivity contribution is 0.0955. The van der Waals surface area contributed by atoms with Crippen LogP contribution in [0.15, 0.2) is 65.8 Å². The average Bonchev–Trinajstić information content (AvgIpc) is 3.12. The Kier molecular flexibility index (Phi) is 6.53. The molecule has 0 aliphatic carbocycles. The van der Waals surface area contributed by atoms with Crippen molar-refractivity contribution in [1.82, 2.24) is 15.0 Å². The number of carbonyl (C=O) groups excluding carboxylic acids is 1. The van der Waals surface area contributed by atoms with Crippen LogP contribution in [0.2, 0.25) is 10.0 Å². The maximum Gasteiger partial charge on any atom is 0.271 e. The van der Waals surface area contributed by atoms with E-state index in [-0.39, 0.29) is 11.7 Å². The molecule has 162 valence electrons. The Morgan fingerprint density at radius 1 is 1.12 bits per heavy atom. The van der Waals surface area contributed by atoms with E-state index in [9.17, 15) is 9.18 Å². The number of rotatable bonds is 6. The maximum atomic E-state index is 13.0. The molecule has 0 aliphatic rings. The number of carbonyl (C=O) groups is 1. The number of hydrazone groups is 1. The number of nitrogens with one attached hydrogen (secondary N) is 1. The Balaban J connectivity index is 1.63. The molecule has 0 spiro atoms. The molecule has 0 aliphatic heterocycles. The second-order valence-corrected chi connectivity index (χ2v) is 8.01. The zero-order chi connectivity index (χ0) is 22.7. The minimum absolute atomic E-state index is 0.332. The lowest BCUT2D eigenvalue weighted by Gasteiger charge is -2.09. The first kappa shape index (κ1) is 22.0. The summed E-state index contributed by atoms with van der Waals surface area (Å²) in [6.07, 6.45) is 2.36. The van der Waals surface area contributed by atoms with Crippen molar-refractivity contribution in [2.75, 3.05) is 0 Å². The number of amides is 1. The summed E-state index contributed by atoms with van der Waals surface area (Å²) in [4.78, 5) is 17.3. The van der Waals surface area contributed by atoms with Crippen molar-refractivity contribution in [3.63, 3.8) is 0 Å². The minimum Gasteiger partial charge on any atom is -0.324 e. The predicted octanol–water partition coefficient (Wildman–Crippen LogP) is 6.32. The fourth-order valence-electron chi connectivity index (χ4n) is 3.38. The van der Waals surface area contributed by atoms with E-state index in [0.717, 1.165) is 29.9 Å². The van der Waals surface area contributed by atoms with Crippen LogP contribution in [0.25, 0.3) is 22.4 Å². The molecule has 5 nitrogen and oxygen atoms in total. The first-order valence-corrected chi connectivity index (χ1v) is 10.8. The summed E-state index contributed by atoms with van der Waals surface area (Å²) < 4.78 is 15.1. The second-order valence-electron chi connectivity index (χ2n) is 7.17. The van der Waals surface area contributed by atoms with Gasteiger partial charge < -0.3 is 4.57 Å². The van der Waals surface area contributed by atoms with E-state index in [2.05, 4.69) is 22.0 Å². The Labute approximate surface area is 194 Å². The molecule has 4 rings (SSSR count). The van der Waals surface area contributed by atoms with Crippen LogP contribution in [-0.2, 0) is 6.54 Å². The van der Waals surface area contributed by atoms with Gasteiger partial charge in [-0.15, -0.1) is 0 Å². The molecule has 1 heterocycles. The molecule has 8 heteroatoms. The van der Waals surface area contributed by atoms with Gasteiger partial charge in [0, 0.05) is 22.7 Å². The van der Waals surface area contributed by atoms with Crippen LogP contribution >= 0.6 is 23.2 Å². The van der Waals surface area contributed by atoms with Crippen molar-refractivity contribution in [3.05, 3.63) is 87.7 Å². The lowest BCUT2D eigenvalue weighted by atomic mass is 10.2. The fraction of sp³-hybridized carbons (Fsp3) is 0.125. The predicted molar refractivity (Wildman–Crippen MR) is 127 cm³/mol. The molecule has 1 aromatic heterocycles. The molecule has 0 fully saturated rings. The highest BCUT2D eigenvalue weighted by Crippen LogP contribution is 2.32. The van der Waals surface area contributed by atoms with Gasteiger partial charge in [-0.1, -0.05) is 42.3 Å². The third-order valence-corrected chi connectivity index (χ3v) is 5.43. The molecule has 0 saturated heterocycles. The summed E-state index contributed by atoms with van der Waals surface area (Å²) >= 11 is 12.5. The summed E-state index contributed by atoms with van der Waals surface area (Å²) in [5.74, 6) is 0.0121. The summed E-state index contributed by atoms with van der Waals surface area (Å²) in [7, 11) is 0. The molecule has 3 aromatic carbocycles. The number of imidazole rings is 1. The highest BCUT2D eigenvalue weighted by molar-refractivity contribution is 6.36. The highest BCUT2D eigenvalue weighted by atomic mass is 35.5. The monoisotopic (exact) mass is 468 g/mol. The van der Waals surface area contributed by atoms with E-state index in [1.807, 2.05) is 12.1 Å². The summed E-state index contributed by atoms with van der Waals surface area (Å²) in [5.41, 5.74) is 5.93. The summed E-state index contributed by atoms with van der Waals surface area (Å²) in [6.45, 7) is 2.83. The maximum absolute atomic E-state index is 13.0. The van der Waals surface area contributed by atoms with Crippen molar-refractivity contribution in [1.29, 1.82) is 0 Å². The molecule has 0 saturated carbocycles. The van der Waals surface area contributed by atoms with E-state index in [1.54, 1.807) is 36.4 Å². The molecule has 0 unspecified atom stereocenters. The minimum atomic E-state index is -0.374. The molecule has 32 heavy (non-hydrogen) atoms. The average molecular weight is 469 g/mol. The lowest BCUT2D eigenvalue weighted by Crippen LogP contribution is -2.17. The van der Waals surface area contributed by atoms with Crippen LogP contribution in [0.1, 0.15) is 29.3 Å². The van der Waals surface area contributed by atoms with E-state index in [4.69, 9.17) is 28.2 Å². The molecular formula is C24H19Cl2FN4O. The van der Waals surface area contributed by atoms with Crippen LogP contribution in [0.5, 0.6) is 0 Å². The number of aryl methyl sites for hydroxylation is 1. The van der Waals surface area contributed by atoms with E-state index < -0.39 is 0 Å². The Morgan fingerprint density at radius 3 is 2.62 bits per heavy atom. The Hall–Kier alpha value is -3.22. The molecule has 0 bridgehead atoms. The Bertz CT molecular complexity index is 1320. The van der Waals surface area contributed by atoms with Gasteiger partial charge in [-0.25, -0.2) is 14.8 Å². The van der Waals surface area contributed by atoms with Crippen LogP contribution in [-0.4, -0.2) is 21.7 Å². The van der Waals surface area contributed by atoms with Crippen LogP contribution in [0.4, 0.5) is 4.39 Å². The third kappa shape index (κ3) is 4.66. The van der Waals surface area contributed by atoms with Crippen molar-refractivity contribution in [3.8, 4) is 11.4 Å². The van der Waals surface area contributed by atoms with Gasteiger partial charge in [0.2, 0.25) is 0 Å². The van der Waals surface area contributed by atoms with Crippen LogP contribution in [0.3, 0.4) is 0 Å². The molecular weight excluding hydrogens is 450 g/mol. The molecule has 0 atom stereocenters. The van der Waals surface area contributed by atoms with Crippen molar-refractivity contribution >= 4 is 46.4 Å². The number of benzene rings is 3. The largest absolute Gasteiger partial charge is 0.324 e. The summed E-state index contributed by atoms with van der Waals surface area (Å²) in [6, 6.07) is 16.4. The van der Waals surface area contributed by atoms with Crippen molar-refractivity contribution < 1.29 is 9.18 Å². The van der Waals surface area contributed by atoms with Gasteiger partial charge in [0.15, 0.2) is 0 Å². The fourth-order valence-corrected chi connectivity index (χ4v) is 3.87. The van der Waals surface area contributed by atoms with E-state index >= 15 is 0 Å². The molecule has 0 radical (unpaired) electrons. The first-order chi connectivity index (χ1) is 15.5. The van der Waals surface area contributed by atoms with Gasteiger partial charge >= 0.3 is 0 Å². The standard InChI is InChI=1S/C24H19Cl2FN4O/c1-2-11-31-22-10-5-16(24(32)30-28-14-15-3-7-18(27)8-4-15)12-21(22)29-23(31)19-9-6-17(25)13-20(19)26/h3-10,12-14H,2,11H2,1H3,(H,30,32)/b28-14+. The normalized spacial score (nSPS) is 11.4. The number of fused-ring (bicyclic) bond motifs is 1. The zero-order valence-corrected chi connectivity index (χ0v) is 18.7. The molecule has 4 aromatic rings. The zero-order valence-electron chi connectivity index (χ0n) is 17.1. The van der Waals surface area contributed by atoms with Gasteiger partial charge in [0.25, 0.3) is 5.91 Å². The van der Waals surface area contributed by atoms with E-state index in [0.29, 0.717) is 26.7 Å². The van der Waals surface area contributed by atoms with E-state index in [1.165, 1.54) is 18.3 Å². The van der Waals surface area contributed by atoms with Gasteiger partial charge in [-0.05, 0) is 60.5 Å². The van der Waals surface area contributed by atoms with Crippen molar-refractivity contribution in [2.24, 2.45) is 5.10 Å². The van der Waals surface area contributed by atoms with Crippen molar-refractivity contribution in [2.45, 2.75) is 19.9 Å². The number of hydrogen-bond acceptors (Lipinski definition) is 3. The SMILES string of the molecule is CCCn1c(-c2ccc(Cl)cc2Cl)nc2cc(C(=O)N/N=C/c3ccc(F)cc3)ccc21. The van der Waals surface area contributed by atoms with Crippen LogP contribution in [0, 0.1) is 5.82 Å². The second kappa shape index (κ2) is 9.51. The van der Waals surface area contributed by atoms with Gasteiger partial charge in [-0.3, -0.25) is 4.79 Å².